The normalized spacial score (nSPS) is 11.9. The number of hydrogen-bond acceptors (Lipinski definition) is 3. The number of nitrogens with two attached hydrogens (primary N) is 1. The Morgan fingerprint density at radius 3 is 2.71 bits per heavy atom. The van der Waals surface area contributed by atoms with E-state index in [1.54, 1.807) is 0 Å². The zero-order valence-electron chi connectivity index (χ0n) is 13.8. The number of imidazole rings is 1. The Hall–Kier alpha value is -1.55. The van der Waals surface area contributed by atoms with Crippen molar-refractivity contribution in [2.45, 2.75) is 52.6 Å². The largest absolute Gasteiger partial charge is 0.399 e. The van der Waals surface area contributed by atoms with E-state index < -0.39 is 0 Å². The second-order valence-corrected chi connectivity index (χ2v) is 6.06. The van der Waals surface area contributed by atoms with Crippen molar-refractivity contribution in [2.75, 3.05) is 19.3 Å². The molecule has 1 aromatic carbocycles. The molecule has 2 N–H and O–H groups in total. The Balaban J connectivity index is 2.04. The Morgan fingerprint density at radius 1 is 1.29 bits per heavy atom. The standard InChI is InChI=1S/C17H28N4/c1-5-17-19-15-12-14(18)8-9-16(15)21(17)11-7-6-10-20(4)13(2)3/h8-9,12-13H,5-7,10-11,18H2,1-4H3. The van der Waals surface area contributed by atoms with Crippen molar-refractivity contribution in [3.8, 4) is 0 Å². The van der Waals surface area contributed by atoms with E-state index in [0.29, 0.717) is 6.04 Å². The number of fused-ring (bicyclic) bond motifs is 1. The van der Waals surface area contributed by atoms with Gasteiger partial charge in [-0.05, 0) is 58.5 Å². The lowest BCUT2D eigenvalue weighted by Gasteiger charge is -2.20. The third kappa shape index (κ3) is 3.76. The van der Waals surface area contributed by atoms with E-state index in [1.807, 2.05) is 12.1 Å². The maximum Gasteiger partial charge on any atom is 0.109 e. The molecular formula is C17H28N4. The van der Waals surface area contributed by atoms with Gasteiger partial charge in [0.15, 0.2) is 0 Å². The number of anilines is 1. The van der Waals surface area contributed by atoms with Crippen molar-refractivity contribution >= 4 is 16.7 Å². The van der Waals surface area contributed by atoms with Gasteiger partial charge in [-0.2, -0.15) is 0 Å². The summed E-state index contributed by atoms with van der Waals surface area (Å²) >= 11 is 0. The number of unbranched alkanes of at least 4 members (excludes halogenated alkanes) is 1. The zero-order valence-corrected chi connectivity index (χ0v) is 13.8. The minimum absolute atomic E-state index is 0.619. The first kappa shape index (κ1) is 15.8. The molecule has 0 atom stereocenters. The molecule has 4 heteroatoms. The highest BCUT2D eigenvalue weighted by Gasteiger charge is 2.09. The molecule has 2 rings (SSSR count). The lowest BCUT2D eigenvalue weighted by molar-refractivity contribution is 0.266. The first-order valence-electron chi connectivity index (χ1n) is 7.97. The van der Waals surface area contributed by atoms with Crippen molar-refractivity contribution in [3.63, 3.8) is 0 Å². The van der Waals surface area contributed by atoms with Crippen LogP contribution < -0.4 is 5.73 Å². The highest BCUT2D eigenvalue weighted by Crippen LogP contribution is 2.20. The zero-order chi connectivity index (χ0) is 15.4. The summed E-state index contributed by atoms with van der Waals surface area (Å²) in [5.74, 6) is 1.16. The van der Waals surface area contributed by atoms with Crippen molar-refractivity contribution in [3.05, 3.63) is 24.0 Å². The summed E-state index contributed by atoms with van der Waals surface area (Å²) in [5.41, 5.74) is 8.86. The van der Waals surface area contributed by atoms with Crippen molar-refractivity contribution in [1.82, 2.24) is 14.5 Å². The lowest BCUT2D eigenvalue weighted by atomic mass is 10.2. The summed E-state index contributed by atoms with van der Waals surface area (Å²) in [7, 11) is 2.19. The van der Waals surface area contributed by atoms with E-state index in [9.17, 15) is 0 Å². The maximum absolute atomic E-state index is 5.85. The van der Waals surface area contributed by atoms with Crippen molar-refractivity contribution in [2.24, 2.45) is 0 Å². The van der Waals surface area contributed by atoms with Gasteiger partial charge in [0.1, 0.15) is 5.82 Å². The molecule has 0 radical (unpaired) electrons. The first-order chi connectivity index (χ1) is 10.0. The van der Waals surface area contributed by atoms with Gasteiger partial charge in [0.25, 0.3) is 0 Å². The number of aryl methyl sites for hydroxylation is 2. The van der Waals surface area contributed by atoms with E-state index >= 15 is 0 Å². The molecule has 0 spiro atoms. The predicted octanol–water partition coefficient (Wildman–Crippen LogP) is 3.30. The lowest BCUT2D eigenvalue weighted by Crippen LogP contribution is -2.27. The highest BCUT2D eigenvalue weighted by atomic mass is 15.1. The van der Waals surface area contributed by atoms with E-state index in [0.717, 1.165) is 36.5 Å². The molecule has 1 aromatic heterocycles. The Morgan fingerprint density at radius 2 is 2.05 bits per heavy atom. The fourth-order valence-electron chi connectivity index (χ4n) is 2.61. The summed E-state index contributed by atoms with van der Waals surface area (Å²) < 4.78 is 2.35. The van der Waals surface area contributed by atoms with Gasteiger partial charge in [-0.1, -0.05) is 6.92 Å². The molecule has 21 heavy (non-hydrogen) atoms. The van der Waals surface area contributed by atoms with E-state index in [-0.39, 0.29) is 0 Å². The quantitative estimate of drug-likeness (QED) is 0.628. The minimum atomic E-state index is 0.619. The molecule has 0 saturated heterocycles. The van der Waals surface area contributed by atoms with Gasteiger partial charge in [0.2, 0.25) is 0 Å². The molecule has 0 fully saturated rings. The molecule has 0 amide bonds. The van der Waals surface area contributed by atoms with Crippen LogP contribution in [-0.4, -0.2) is 34.1 Å². The summed E-state index contributed by atoms with van der Waals surface area (Å²) in [6.45, 7) is 8.83. The second kappa shape index (κ2) is 6.94. The van der Waals surface area contributed by atoms with Crippen LogP contribution in [-0.2, 0) is 13.0 Å². The molecule has 0 saturated carbocycles. The van der Waals surface area contributed by atoms with Crippen LogP contribution in [0.5, 0.6) is 0 Å². The molecule has 0 aliphatic heterocycles. The average Bonchev–Trinajstić information content (AvgIpc) is 2.80. The van der Waals surface area contributed by atoms with E-state index in [2.05, 4.69) is 43.4 Å². The molecule has 4 nitrogen and oxygen atoms in total. The SMILES string of the molecule is CCc1nc2cc(N)ccc2n1CCCCN(C)C(C)C. The molecule has 0 aliphatic rings. The highest BCUT2D eigenvalue weighted by molar-refractivity contribution is 5.79. The van der Waals surface area contributed by atoms with Gasteiger partial charge in [-0.15, -0.1) is 0 Å². The second-order valence-electron chi connectivity index (χ2n) is 6.06. The monoisotopic (exact) mass is 288 g/mol. The van der Waals surface area contributed by atoms with Gasteiger partial charge >= 0.3 is 0 Å². The van der Waals surface area contributed by atoms with Crippen LogP contribution in [0.4, 0.5) is 5.69 Å². The van der Waals surface area contributed by atoms with Gasteiger partial charge in [0, 0.05) is 24.7 Å². The van der Waals surface area contributed by atoms with Crippen LogP contribution in [0.15, 0.2) is 18.2 Å². The summed E-state index contributed by atoms with van der Waals surface area (Å²) in [6.07, 6.45) is 3.35. The van der Waals surface area contributed by atoms with E-state index in [4.69, 9.17) is 10.7 Å². The first-order valence-corrected chi connectivity index (χ1v) is 7.97. The average molecular weight is 288 g/mol. The molecule has 0 unspecified atom stereocenters. The third-order valence-electron chi connectivity index (χ3n) is 4.19. The van der Waals surface area contributed by atoms with Crippen molar-refractivity contribution < 1.29 is 0 Å². The third-order valence-corrected chi connectivity index (χ3v) is 4.19. The fraction of sp³-hybridized carbons (Fsp3) is 0.588. The molecule has 116 valence electrons. The fourth-order valence-corrected chi connectivity index (χ4v) is 2.61. The van der Waals surface area contributed by atoms with Crippen molar-refractivity contribution in [1.29, 1.82) is 0 Å². The molecule has 0 aliphatic carbocycles. The van der Waals surface area contributed by atoms with Gasteiger partial charge in [0.05, 0.1) is 11.0 Å². The number of rotatable bonds is 7. The van der Waals surface area contributed by atoms with Crippen LogP contribution in [0.1, 0.15) is 39.4 Å². The number of benzene rings is 1. The van der Waals surface area contributed by atoms with Crippen LogP contribution in [0.2, 0.25) is 0 Å². The number of aromatic nitrogens is 2. The minimum Gasteiger partial charge on any atom is -0.399 e. The van der Waals surface area contributed by atoms with Crippen LogP contribution in [0.25, 0.3) is 11.0 Å². The van der Waals surface area contributed by atoms with Crippen LogP contribution in [0, 0.1) is 0 Å². The molecule has 1 heterocycles. The Kier molecular flexibility index (Phi) is 5.23. The van der Waals surface area contributed by atoms with Gasteiger partial charge < -0.3 is 15.2 Å². The summed E-state index contributed by atoms with van der Waals surface area (Å²) in [5, 5.41) is 0. The topological polar surface area (TPSA) is 47.1 Å². The van der Waals surface area contributed by atoms with E-state index in [1.165, 1.54) is 18.4 Å². The van der Waals surface area contributed by atoms with Gasteiger partial charge in [-0.3, -0.25) is 0 Å². The maximum atomic E-state index is 5.85. The number of nitrogens with zero attached hydrogens (tertiary/aromatic N) is 3. The molecule has 2 aromatic rings. The predicted molar refractivity (Wildman–Crippen MR) is 90.5 cm³/mol. The Bertz CT molecular complexity index is 586. The van der Waals surface area contributed by atoms with Crippen LogP contribution in [0.3, 0.4) is 0 Å². The van der Waals surface area contributed by atoms with Gasteiger partial charge in [-0.25, -0.2) is 4.98 Å². The smallest absolute Gasteiger partial charge is 0.109 e. The summed E-state index contributed by atoms with van der Waals surface area (Å²) in [4.78, 5) is 7.10. The number of nitrogen functional groups attached to an aromatic ring is 1. The van der Waals surface area contributed by atoms with Crippen LogP contribution >= 0.6 is 0 Å². The Labute approximate surface area is 128 Å². The summed E-state index contributed by atoms with van der Waals surface area (Å²) in [6, 6.07) is 6.65. The molecule has 0 bridgehead atoms. The number of hydrogen-bond donors (Lipinski definition) is 1. The molecular weight excluding hydrogens is 260 g/mol.